The van der Waals surface area contributed by atoms with E-state index in [9.17, 15) is 4.79 Å². The molecule has 0 atom stereocenters. The fourth-order valence-corrected chi connectivity index (χ4v) is 4.05. The third kappa shape index (κ3) is 4.75. The molecule has 1 heterocycles. The number of nitrogens with one attached hydrogen (secondary N) is 1. The second kappa shape index (κ2) is 9.19. The van der Waals surface area contributed by atoms with Gasteiger partial charge in [0.1, 0.15) is 11.6 Å². The molecule has 1 aliphatic rings. The first-order valence-electron chi connectivity index (χ1n) is 10.3. The van der Waals surface area contributed by atoms with Gasteiger partial charge in [-0.15, -0.1) is 0 Å². The number of aryl methyl sites for hydroxylation is 1. The van der Waals surface area contributed by atoms with Gasteiger partial charge in [0, 0.05) is 49.2 Å². The van der Waals surface area contributed by atoms with Crippen LogP contribution in [0.15, 0.2) is 24.3 Å². The Kier molecular flexibility index (Phi) is 6.64. The zero-order valence-electron chi connectivity index (χ0n) is 18.5. The Morgan fingerprint density at radius 3 is 2.47 bits per heavy atom. The van der Waals surface area contributed by atoms with E-state index in [0.29, 0.717) is 11.7 Å². The van der Waals surface area contributed by atoms with Gasteiger partial charge >= 0.3 is 6.03 Å². The van der Waals surface area contributed by atoms with Crippen molar-refractivity contribution in [3.8, 4) is 5.75 Å². The number of methoxy groups -OCH3 is 1. The highest BCUT2D eigenvalue weighted by Gasteiger charge is 2.29. The van der Waals surface area contributed by atoms with Crippen LogP contribution in [0, 0.1) is 13.8 Å². The van der Waals surface area contributed by atoms with Gasteiger partial charge in [0.05, 0.1) is 7.11 Å². The summed E-state index contributed by atoms with van der Waals surface area (Å²) in [5.41, 5.74) is 8.56. The number of amides is 2. The zero-order chi connectivity index (χ0) is 21.8. The molecule has 1 aromatic heterocycles. The van der Waals surface area contributed by atoms with Gasteiger partial charge < -0.3 is 20.7 Å². The van der Waals surface area contributed by atoms with Crippen LogP contribution in [0.3, 0.4) is 0 Å². The molecule has 0 radical (unpaired) electrons. The first-order valence-corrected chi connectivity index (χ1v) is 10.3. The monoisotopic (exact) mass is 412 g/mol. The largest absolute Gasteiger partial charge is 0.497 e. The molecule has 3 rings (SSSR count). The minimum atomic E-state index is -0.437. The van der Waals surface area contributed by atoms with E-state index in [-0.39, 0.29) is 12.1 Å². The second-order valence-electron chi connectivity index (χ2n) is 8.04. The maximum Gasteiger partial charge on any atom is 0.319 e. The van der Waals surface area contributed by atoms with Crippen LogP contribution in [-0.4, -0.2) is 49.3 Å². The minimum Gasteiger partial charge on any atom is -0.497 e. The van der Waals surface area contributed by atoms with Crippen molar-refractivity contribution in [1.82, 2.24) is 9.97 Å². The number of aromatic nitrogens is 2. The van der Waals surface area contributed by atoms with Crippen LogP contribution >= 0.6 is 0 Å². The summed E-state index contributed by atoms with van der Waals surface area (Å²) in [5, 5.41) is 3.49. The number of nitrogens with zero attached hydrogens (tertiary/aromatic N) is 4. The summed E-state index contributed by atoms with van der Waals surface area (Å²) < 4.78 is 5.29. The number of carbonyl (C=O) groups is 1. The number of ether oxygens (including phenoxy) is 1. The molecule has 2 amide bonds. The molecule has 162 valence electrons. The first-order chi connectivity index (χ1) is 14.3. The summed E-state index contributed by atoms with van der Waals surface area (Å²) in [4.78, 5) is 25.2. The molecule has 1 aliphatic carbocycles. The zero-order valence-corrected chi connectivity index (χ0v) is 18.5. The Labute approximate surface area is 178 Å². The molecule has 3 N–H and O–H groups in total. The van der Waals surface area contributed by atoms with E-state index < -0.39 is 6.03 Å². The van der Waals surface area contributed by atoms with Gasteiger partial charge in [-0.2, -0.15) is 4.98 Å². The van der Waals surface area contributed by atoms with Crippen LogP contribution in [0.25, 0.3) is 0 Å². The van der Waals surface area contributed by atoms with Gasteiger partial charge in [-0.3, -0.25) is 4.90 Å². The second-order valence-corrected chi connectivity index (χ2v) is 8.04. The van der Waals surface area contributed by atoms with E-state index in [1.807, 2.05) is 57.1 Å². The van der Waals surface area contributed by atoms with Gasteiger partial charge in [0.2, 0.25) is 5.95 Å². The molecule has 1 aromatic carbocycles. The Morgan fingerprint density at radius 1 is 1.17 bits per heavy atom. The molecule has 0 saturated heterocycles. The third-order valence-corrected chi connectivity index (χ3v) is 5.75. The summed E-state index contributed by atoms with van der Waals surface area (Å²) >= 11 is 0. The molecule has 8 nitrogen and oxygen atoms in total. The SMILES string of the molecule is COc1cccc(N(C(N)=O)C2CCC(Nc3nc(C)c(C)c(N(C)C)n3)CC2)c1. The van der Waals surface area contributed by atoms with E-state index in [2.05, 4.69) is 15.3 Å². The van der Waals surface area contributed by atoms with Crippen molar-refractivity contribution in [1.29, 1.82) is 0 Å². The van der Waals surface area contributed by atoms with Crippen LogP contribution in [-0.2, 0) is 0 Å². The molecule has 0 unspecified atom stereocenters. The number of anilines is 3. The summed E-state index contributed by atoms with van der Waals surface area (Å²) in [6, 6.07) is 7.35. The predicted molar refractivity (Wildman–Crippen MR) is 121 cm³/mol. The highest BCUT2D eigenvalue weighted by Crippen LogP contribution is 2.31. The average molecular weight is 413 g/mol. The van der Waals surface area contributed by atoms with Crippen molar-refractivity contribution in [3.05, 3.63) is 35.5 Å². The fraction of sp³-hybridized carbons (Fsp3) is 0.500. The normalized spacial score (nSPS) is 18.6. The van der Waals surface area contributed by atoms with Crippen LogP contribution in [0.1, 0.15) is 36.9 Å². The highest BCUT2D eigenvalue weighted by molar-refractivity contribution is 5.91. The van der Waals surface area contributed by atoms with Gasteiger partial charge in [-0.1, -0.05) is 6.07 Å². The summed E-state index contributed by atoms with van der Waals surface area (Å²) in [6.07, 6.45) is 3.52. The molecule has 2 aromatic rings. The van der Waals surface area contributed by atoms with E-state index in [4.69, 9.17) is 10.5 Å². The third-order valence-electron chi connectivity index (χ3n) is 5.75. The maximum atomic E-state index is 12.2. The minimum absolute atomic E-state index is 0.0608. The molecule has 1 fully saturated rings. The number of carbonyl (C=O) groups excluding carboxylic acids is 1. The molecular weight excluding hydrogens is 380 g/mol. The van der Waals surface area contributed by atoms with E-state index in [1.54, 1.807) is 12.0 Å². The van der Waals surface area contributed by atoms with Crippen molar-refractivity contribution in [2.24, 2.45) is 5.73 Å². The standard InChI is InChI=1S/C22H32N6O2/c1-14-15(2)24-22(26-20(14)27(3)4)25-16-9-11-17(12-10-16)28(21(23)29)18-7-6-8-19(13-18)30-5/h6-8,13,16-17H,9-12H2,1-5H3,(H2,23,29)(H,24,25,26). The summed E-state index contributed by atoms with van der Waals surface area (Å²) in [5.74, 6) is 2.29. The van der Waals surface area contributed by atoms with E-state index in [1.165, 1.54) is 0 Å². The van der Waals surface area contributed by atoms with Crippen molar-refractivity contribution in [3.63, 3.8) is 0 Å². The van der Waals surface area contributed by atoms with Crippen molar-refractivity contribution in [2.75, 3.05) is 36.3 Å². The van der Waals surface area contributed by atoms with E-state index in [0.717, 1.165) is 48.4 Å². The Morgan fingerprint density at radius 2 is 1.87 bits per heavy atom. The average Bonchev–Trinajstić information content (AvgIpc) is 2.71. The number of urea groups is 1. The Balaban J connectivity index is 1.68. The lowest BCUT2D eigenvalue weighted by atomic mass is 9.90. The highest BCUT2D eigenvalue weighted by atomic mass is 16.5. The lowest BCUT2D eigenvalue weighted by molar-refractivity contribution is 0.248. The smallest absolute Gasteiger partial charge is 0.319 e. The number of hydrogen-bond donors (Lipinski definition) is 2. The van der Waals surface area contributed by atoms with Crippen LogP contribution < -0.4 is 25.6 Å². The number of rotatable bonds is 6. The van der Waals surface area contributed by atoms with Gasteiger partial charge in [0.15, 0.2) is 0 Å². The van der Waals surface area contributed by atoms with Crippen molar-refractivity contribution < 1.29 is 9.53 Å². The number of nitrogens with two attached hydrogens (primary N) is 1. The number of primary amides is 1. The number of benzene rings is 1. The molecule has 0 bridgehead atoms. The fourth-order valence-electron chi connectivity index (χ4n) is 4.05. The number of hydrogen-bond acceptors (Lipinski definition) is 6. The predicted octanol–water partition coefficient (Wildman–Crippen LogP) is 3.48. The quantitative estimate of drug-likeness (QED) is 0.754. The summed E-state index contributed by atoms with van der Waals surface area (Å²) in [7, 11) is 5.59. The first kappa shape index (κ1) is 21.7. The van der Waals surface area contributed by atoms with Gasteiger partial charge in [0.25, 0.3) is 0 Å². The molecular formula is C22H32N6O2. The molecule has 30 heavy (non-hydrogen) atoms. The molecule has 0 aliphatic heterocycles. The van der Waals surface area contributed by atoms with Crippen molar-refractivity contribution in [2.45, 2.75) is 51.6 Å². The van der Waals surface area contributed by atoms with Crippen LogP contribution in [0.4, 0.5) is 22.2 Å². The lowest BCUT2D eigenvalue weighted by Gasteiger charge is -2.36. The topological polar surface area (TPSA) is 96.6 Å². The molecule has 0 spiro atoms. The van der Waals surface area contributed by atoms with Crippen LogP contribution in [0.2, 0.25) is 0 Å². The van der Waals surface area contributed by atoms with E-state index >= 15 is 0 Å². The lowest BCUT2D eigenvalue weighted by Crippen LogP contribution is -2.46. The van der Waals surface area contributed by atoms with Crippen LogP contribution in [0.5, 0.6) is 5.75 Å². The van der Waals surface area contributed by atoms with Gasteiger partial charge in [-0.25, -0.2) is 9.78 Å². The Hall–Kier alpha value is -3.03. The van der Waals surface area contributed by atoms with Gasteiger partial charge in [-0.05, 0) is 51.7 Å². The molecule has 8 heteroatoms. The molecule has 1 saturated carbocycles. The summed E-state index contributed by atoms with van der Waals surface area (Å²) in [6.45, 7) is 4.04. The maximum absolute atomic E-state index is 12.2. The Bertz CT molecular complexity index is 893. The van der Waals surface area contributed by atoms with Crippen molar-refractivity contribution >= 4 is 23.5 Å².